The quantitative estimate of drug-likeness (QED) is 0.840. The van der Waals surface area contributed by atoms with Gasteiger partial charge in [0.1, 0.15) is 16.7 Å². The van der Waals surface area contributed by atoms with Crippen LogP contribution in [0.3, 0.4) is 0 Å². The Morgan fingerprint density at radius 1 is 1.44 bits per heavy atom. The van der Waals surface area contributed by atoms with Gasteiger partial charge in [0.2, 0.25) is 0 Å². The lowest BCUT2D eigenvalue weighted by molar-refractivity contribution is 0.102. The first-order valence-corrected chi connectivity index (χ1v) is 6.53. The molecule has 2 heterocycles. The number of hydrogen-bond acceptors (Lipinski definition) is 5. The molecule has 94 valence electrons. The molecule has 0 fully saturated rings. The molecule has 0 aliphatic rings. The van der Waals surface area contributed by atoms with Gasteiger partial charge in [-0.2, -0.15) is 0 Å². The maximum Gasteiger partial charge on any atom is 0.276 e. The Morgan fingerprint density at radius 2 is 2.28 bits per heavy atom. The van der Waals surface area contributed by atoms with E-state index in [1.807, 2.05) is 0 Å². The molecule has 0 saturated heterocycles. The summed E-state index contributed by atoms with van der Waals surface area (Å²) in [6.45, 7) is 0.518. The van der Waals surface area contributed by atoms with Gasteiger partial charge in [-0.15, -0.1) is 11.3 Å². The smallest absolute Gasteiger partial charge is 0.276 e. The number of carbonyl (C=O) groups is 1. The van der Waals surface area contributed by atoms with Crippen molar-refractivity contribution < 1.29 is 4.79 Å². The topological polar surface area (TPSA) is 80.9 Å². The first kappa shape index (κ1) is 12.9. The number of aromatic nitrogens is 2. The summed E-state index contributed by atoms with van der Waals surface area (Å²) in [5.41, 5.74) is 5.79. The first-order valence-electron chi connectivity index (χ1n) is 5.27. The van der Waals surface area contributed by atoms with Crippen LogP contribution in [0.15, 0.2) is 23.6 Å². The van der Waals surface area contributed by atoms with Crippen LogP contribution in [-0.2, 0) is 6.42 Å². The molecule has 5 nitrogen and oxygen atoms in total. The highest BCUT2D eigenvalue weighted by atomic mass is 35.5. The van der Waals surface area contributed by atoms with Crippen molar-refractivity contribution in [3.8, 4) is 0 Å². The maximum absolute atomic E-state index is 11.9. The molecule has 1 amide bonds. The van der Waals surface area contributed by atoms with Crippen LogP contribution in [0.4, 0.5) is 5.82 Å². The molecule has 0 spiro atoms. The van der Waals surface area contributed by atoms with Gasteiger partial charge in [-0.3, -0.25) is 4.79 Å². The number of amides is 1. The Kier molecular flexibility index (Phi) is 4.24. The summed E-state index contributed by atoms with van der Waals surface area (Å²) in [6, 6.07) is 5.02. The molecule has 2 aromatic rings. The lowest BCUT2D eigenvalue weighted by atomic mass is 10.4. The molecule has 0 saturated carbocycles. The van der Waals surface area contributed by atoms with Crippen LogP contribution in [0.25, 0.3) is 0 Å². The molecule has 0 atom stereocenters. The fourth-order valence-corrected chi connectivity index (χ4v) is 2.27. The number of carbonyl (C=O) groups excluding carboxylic acids is 1. The lowest BCUT2D eigenvalue weighted by Crippen LogP contribution is -2.13. The van der Waals surface area contributed by atoms with Crippen molar-refractivity contribution in [2.24, 2.45) is 5.73 Å². The number of rotatable bonds is 4. The molecule has 0 aliphatic heterocycles. The molecule has 2 aromatic heterocycles. The maximum atomic E-state index is 11.9. The number of halogens is 1. The van der Waals surface area contributed by atoms with Crippen LogP contribution < -0.4 is 11.1 Å². The Hall–Kier alpha value is -1.50. The SMILES string of the molecule is NCCc1nc(C(=O)Nc2cccc(Cl)n2)cs1. The van der Waals surface area contributed by atoms with E-state index in [4.69, 9.17) is 17.3 Å². The Balaban J connectivity index is 2.07. The standard InChI is InChI=1S/C11H11ClN4OS/c12-8-2-1-3-9(15-8)16-11(17)7-6-18-10(14-7)4-5-13/h1-3,6H,4-5,13H2,(H,15,16,17). The van der Waals surface area contributed by atoms with E-state index in [1.54, 1.807) is 23.6 Å². The van der Waals surface area contributed by atoms with E-state index in [0.717, 1.165) is 5.01 Å². The Labute approximate surface area is 113 Å². The number of thiazole rings is 1. The zero-order valence-electron chi connectivity index (χ0n) is 9.39. The average molecular weight is 283 g/mol. The molecule has 7 heteroatoms. The normalized spacial score (nSPS) is 10.3. The van der Waals surface area contributed by atoms with E-state index in [-0.39, 0.29) is 5.91 Å². The van der Waals surface area contributed by atoms with Crippen LogP contribution in [0.2, 0.25) is 5.15 Å². The van der Waals surface area contributed by atoms with Gasteiger partial charge in [0, 0.05) is 11.8 Å². The van der Waals surface area contributed by atoms with Gasteiger partial charge < -0.3 is 11.1 Å². The van der Waals surface area contributed by atoms with E-state index >= 15 is 0 Å². The monoisotopic (exact) mass is 282 g/mol. The third-order valence-corrected chi connectivity index (χ3v) is 3.22. The van der Waals surface area contributed by atoms with Gasteiger partial charge in [0.15, 0.2) is 0 Å². The molecular formula is C11H11ClN4OS. The Morgan fingerprint density at radius 3 is 3.00 bits per heavy atom. The number of nitrogens with two attached hydrogens (primary N) is 1. The number of nitrogens with one attached hydrogen (secondary N) is 1. The zero-order chi connectivity index (χ0) is 13.0. The highest BCUT2D eigenvalue weighted by molar-refractivity contribution is 7.09. The number of pyridine rings is 1. The van der Waals surface area contributed by atoms with Crippen LogP contribution in [0.1, 0.15) is 15.5 Å². The van der Waals surface area contributed by atoms with E-state index in [2.05, 4.69) is 15.3 Å². The molecular weight excluding hydrogens is 272 g/mol. The van der Waals surface area contributed by atoms with Crippen LogP contribution in [0.5, 0.6) is 0 Å². The minimum atomic E-state index is -0.302. The van der Waals surface area contributed by atoms with Crippen molar-refractivity contribution >= 4 is 34.7 Å². The van der Waals surface area contributed by atoms with Crippen LogP contribution >= 0.6 is 22.9 Å². The van der Waals surface area contributed by atoms with Crippen molar-refractivity contribution in [3.05, 3.63) is 39.4 Å². The third-order valence-electron chi connectivity index (χ3n) is 2.10. The molecule has 0 aliphatic carbocycles. The summed E-state index contributed by atoms with van der Waals surface area (Å²) in [5.74, 6) is 0.102. The van der Waals surface area contributed by atoms with Crippen molar-refractivity contribution in [3.63, 3.8) is 0 Å². The summed E-state index contributed by atoms with van der Waals surface area (Å²) in [7, 11) is 0. The van der Waals surface area contributed by atoms with E-state index in [0.29, 0.717) is 29.6 Å². The molecule has 0 bridgehead atoms. The van der Waals surface area contributed by atoms with E-state index < -0.39 is 0 Å². The third kappa shape index (κ3) is 3.25. The molecule has 0 radical (unpaired) electrons. The van der Waals surface area contributed by atoms with Crippen LogP contribution in [0, 0.1) is 0 Å². The summed E-state index contributed by atoms with van der Waals surface area (Å²) < 4.78 is 0. The zero-order valence-corrected chi connectivity index (χ0v) is 11.0. The highest BCUT2D eigenvalue weighted by Gasteiger charge is 2.11. The predicted molar refractivity (Wildman–Crippen MR) is 72.1 cm³/mol. The molecule has 0 unspecified atom stereocenters. The first-order chi connectivity index (χ1) is 8.69. The summed E-state index contributed by atoms with van der Waals surface area (Å²) in [4.78, 5) is 20.0. The number of nitrogens with zero attached hydrogens (tertiary/aromatic N) is 2. The molecule has 18 heavy (non-hydrogen) atoms. The van der Waals surface area contributed by atoms with Gasteiger partial charge >= 0.3 is 0 Å². The van der Waals surface area contributed by atoms with Gasteiger partial charge in [-0.05, 0) is 18.7 Å². The second-order valence-corrected chi connectivity index (χ2v) is 4.79. The second-order valence-electron chi connectivity index (χ2n) is 3.46. The second kappa shape index (κ2) is 5.90. The highest BCUT2D eigenvalue weighted by Crippen LogP contribution is 2.13. The van der Waals surface area contributed by atoms with Crippen molar-refractivity contribution in [1.29, 1.82) is 0 Å². The van der Waals surface area contributed by atoms with Gasteiger partial charge in [-0.1, -0.05) is 17.7 Å². The number of anilines is 1. The fourth-order valence-electron chi connectivity index (χ4n) is 1.31. The van der Waals surface area contributed by atoms with Crippen LogP contribution in [-0.4, -0.2) is 22.4 Å². The minimum absolute atomic E-state index is 0.302. The summed E-state index contributed by atoms with van der Waals surface area (Å²) in [6.07, 6.45) is 0.674. The van der Waals surface area contributed by atoms with Crippen molar-refractivity contribution in [1.82, 2.24) is 9.97 Å². The van der Waals surface area contributed by atoms with E-state index in [1.165, 1.54) is 11.3 Å². The van der Waals surface area contributed by atoms with Gasteiger partial charge in [0.25, 0.3) is 5.91 Å². The fraction of sp³-hybridized carbons (Fsp3) is 0.182. The predicted octanol–water partition coefficient (Wildman–Crippen LogP) is 1.94. The Bertz CT molecular complexity index is 557. The molecule has 2 rings (SSSR count). The number of hydrogen-bond donors (Lipinski definition) is 2. The van der Waals surface area contributed by atoms with Crippen molar-refractivity contribution in [2.75, 3.05) is 11.9 Å². The lowest BCUT2D eigenvalue weighted by Gasteiger charge is -2.01. The average Bonchev–Trinajstić information content (AvgIpc) is 2.78. The van der Waals surface area contributed by atoms with Gasteiger partial charge in [0.05, 0.1) is 5.01 Å². The molecule has 0 aromatic carbocycles. The summed E-state index contributed by atoms with van der Waals surface area (Å²) in [5, 5.41) is 5.51. The largest absolute Gasteiger partial charge is 0.330 e. The van der Waals surface area contributed by atoms with Gasteiger partial charge in [-0.25, -0.2) is 9.97 Å². The summed E-state index contributed by atoms with van der Waals surface area (Å²) >= 11 is 7.15. The van der Waals surface area contributed by atoms with Crippen molar-refractivity contribution in [2.45, 2.75) is 6.42 Å². The molecule has 3 N–H and O–H groups in total. The van der Waals surface area contributed by atoms with E-state index in [9.17, 15) is 4.79 Å². The minimum Gasteiger partial charge on any atom is -0.330 e.